The van der Waals surface area contributed by atoms with E-state index in [1.807, 2.05) is 12.1 Å². The first-order valence-electron chi connectivity index (χ1n) is 6.64. The Kier molecular flexibility index (Phi) is 2.81. The first kappa shape index (κ1) is 12.2. The minimum absolute atomic E-state index is 0.00907. The fourth-order valence-electron chi connectivity index (χ4n) is 2.99. The van der Waals surface area contributed by atoms with E-state index in [0.29, 0.717) is 6.42 Å². The summed E-state index contributed by atoms with van der Waals surface area (Å²) in [6.07, 6.45) is 2.25. The van der Waals surface area contributed by atoms with Gasteiger partial charge in [-0.25, -0.2) is 0 Å². The van der Waals surface area contributed by atoms with Crippen LogP contribution in [0, 0.1) is 11.8 Å². The van der Waals surface area contributed by atoms with Crippen molar-refractivity contribution in [1.29, 1.82) is 0 Å². The smallest absolute Gasteiger partial charge is 0.307 e. The number of likely N-dealkylation sites (N-methyl/N-ethyl adjacent to an activating group) is 1. The molecule has 0 aliphatic heterocycles. The number of carbonyl (C=O) groups excluding carboxylic acids is 1. The molecule has 0 heterocycles. The van der Waals surface area contributed by atoms with Gasteiger partial charge in [-0.2, -0.15) is 0 Å². The molecule has 0 spiro atoms. The number of carboxylic acid groups (broad SMARTS) is 1. The van der Waals surface area contributed by atoms with Crippen molar-refractivity contribution in [2.24, 2.45) is 11.8 Å². The molecule has 2 atom stereocenters. The quantitative estimate of drug-likeness (QED) is 0.891. The normalized spacial score (nSPS) is 24.9. The van der Waals surface area contributed by atoms with Gasteiger partial charge in [0.05, 0.1) is 11.8 Å². The summed E-state index contributed by atoms with van der Waals surface area (Å²) in [4.78, 5) is 24.8. The highest BCUT2D eigenvalue weighted by Crippen LogP contribution is 2.40. The number of nitrogens with zero attached hydrogens (tertiary/aromatic N) is 1. The van der Waals surface area contributed by atoms with Gasteiger partial charge in [0.15, 0.2) is 0 Å². The van der Waals surface area contributed by atoms with E-state index in [1.165, 1.54) is 11.1 Å². The number of hydrogen-bond donors (Lipinski definition) is 1. The van der Waals surface area contributed by atoms with Crippen LogP contribution in [0.4, 0.5) is 0 Å². The number of carbonyl (C=O) groups is 2. The molecule has 0 aromatic heterocycles. The summed E-state index contributed by atoms with van der Waals surface area (Å²) < 4.78 is 0. The summed E-state index contributed by atoms with van der Waals surface area (Å²) in [5, 5.41) is 8.89. The van der Waals surface area contributed by atoms with E-state index < -0.39 is 11.9 Å². The highest BCUT2D eigenvalue weighted by atomic mass is 16.4. The zero-order valence-corrected chi connectivity index (χ0v) is 10.9. The number of amides is 1. The summed E-state index contributed by atoms with van der Waals surface area (Å²) in [6, 6.07) is 8.42. The zero-order chi connectivity index (χ0) is 13.6. The zero-order valence-electron chi connectivity index (χ0n) is 10.9. The fourth-order valence-corrected chi connectivity index (χ4v) is 2.99. The van der Waals surface area contributed by atoms with Crippen LogP contribution in [0.1, 0.15) is 17.5 Å². The molecule has 3 rings (SSSR count). The van der Waals surface area contributed by atoms with Crippen LogP contribution in [-0.2, 0) is 22.4 Å². The van der Waals surface area contributed by atoms with E-state index in [0.717, 1.165) is 12.8 Å². The van der Waals surface area contributed by atoms with E-state index >= 15 is 0 Å². The van der Waals surface area contributed by atoms with Gasteiger partial charge in [-0.15, -0.1) is 0 Å². The SMILES string of the molecule is CN(C(=O)[C@@H]1C[C@@H]1C(=O)O)C1Cc2ccccc2C1. The van der Waals surface area contributed by atoms with E-state index in [4.69, 9.17) is 5.11 Å². The third-order valence-corrected chi connectivity index (χ3v) is 4.35. The molecule has 1 aromatic carbocycles. The Morgan fingerprint density at radius 3 is 2.21 bits per heavy atom. The van der Waals surface area contributed by atoms with Crippen molar-refractivity contribution in [2.45, 2.75) is 25.3 Å². The number of rotatable bonds is 3. The van der Waals surface area contributed by atoms with Crippen molar-refractivity contribution in [3.8, 4) is 0 Å². The van der Waals surface area contributed by atoms with Crippen LogP contribution in [-0.4, -0.2) is 35.0 Å². The highest BCUT2D eigenvalue weighted by molar-refractivity contribution is 5.89. The molecule has 1 amide bonds. The van der Waals surface area contributed by atoms with Gasteiger partial charge >= 0.3 is 5.97 Å². The lowest BCUT2D eigenvalue weighted by atomic mass is 10.1. The first-order valence-corrected chi connectivity index (χ1v) is 6.64. The molecule has 4 nitrogen and oxygen atoms in total. The Labute approximate surface area is 112 Å². The Balaban J connectivity index is 1.65. The van der Waals surface area contributed by atoms with Crippen molar-refractivity contribution in [3.63, 3.8) is 0 Å². The van der Waals surface area contributed by atoms with Gasteiger partial charge < -0.3 is 10.0 Å². The van der Waals surface area contributed by atoms with Crippen molar-refractivity contribution < 1.29 is 14.7 Å². The highest BCUT2D eigenvalue weighted by Gasteiger charge is 2.50. The third-order valence-electron chi connectivity index (χ3n) is 4.35. The predicted molar refractivity (Wildman–Crippen MR) is 69.6 cm³/mol. The second kappa shape index (κ2) is 4.37. The molecular weight excluding hydrogens is 242 g/mol. The Bertz CT molecular complexity index is 515. The fraction of sp³-hybridized carbons (Fsp3) is 0.467. The number of carboxylic acids is 1. The summed E-state index contributed by atoms with van der Waals surface area (Å²) >= 11 is 0. The maximum Gasteiger partial charge on any atom is 0.307 e. The molecule has 0 radical (unpaired) electrons. The van der Waals surface area contributed by atoms with Gasteiger partial charge in [0.25, 0.3) is 0 Å². The number of hydrogen-bond acceptors (Lipinski definition) is 2. The molecule has 19 heavy (non-hydrogen) atoms. The molecular formula is C15H17NO3. The summed E-state index contributed by atoms with van der Waals surface area (Å²) in [5.41, 5.74) is 2.61. The molecule has 0 unspecified atom stereocenters. The number of benzene rings is 1. The molecule has 100 valence electrons. The lowest BCUT2D eigenvalue weighted by Gasteiger charge is -2.24. The van der Waals surface area contributed by atoms with Gasteiger partial charge in [0, 0.05) is 13.1 Å². The maximum atomic E-state index is 12.2. The molecule has 2 aliphatic carbocycles. The van der Waals surface area contributed by atoms with E-state index in [2.05, 4.69) is 12.1 Å². The summed E-state index contributed by atoms with van der Waals surface area (Å²) in [6.45, 7) is 0. The summed E-state index contributed by atoms with van der Waals surface area (Å²) in [7, 11) is 1.80. The minimum atomic E-state index is -0.846. The second-order valence-electron chi connectivity index (χ2n) is 5.57. The number of aliphatic carboxylic acids is 1. The van der Waals surface area contributed by atoms with Crippen LogP contribution in [0.2, 0.25) is 0 Å². The van der Waals surface area contributed by atoms with Crippen molar-refractivity contribution in [2.75, 3.05) is 7.05 Å². The Morgan fingerprint density at radius 1 is 1.16 bits per heavy atom. The monoisotopic (exact) mass is 259 g/mol. The average Bonchev–Trinajstić information content (AvgIpc) is 3.09. The largest absolute Gasteiger partial charge is 0.481 e. The Morgan fingerprint density at radius 2 is 1.74 bits per heavy atom. The molecule has 0 saturated heterocycles. The molecule has 1 saturated carbocycles. The van der Waals surface area contributed by atoms with E-state index in [1.54, 1.807) is 11.9 Å². The van der Waals surface area contributed by atoms with Gasteiger partial charge in [-0.05, 0) is 30.4 Å². The van der Waals surface area contributed by atoms with Crippen molar-refractivity contribution >= 4 is 11.9 Å². The number of fused-ring (bicyclic) bond motifs is 1. The van der Waals surface area contributed by atoms with Crippen LogP contribution in [0.25, 0.3) is 0 Å². The topological polar surface area (TPSA) is 57.6 Å². The van der Waals surface area contributed by atoms with Gasteiger partial charge in [-0.1, -0.05) is 24.3 Å². The molecule has 2 aliphatic rings. The average molecular weight is 259 g/mol. The minimum Gasteiger partial charge on any atom is -0.481 e. The second-order valence-corrected chi connectivity index (χ2v) is 5.57. The van der Waals surface area contributed by atoms with Crippen molar-refractivity contribution in [1.82, 2.24) is 4.90 Å². The molecule has 1 aromatic rings. The van der Waals surface area contributed by atoms with Gasteiger partial charge in [0.2, 0.25) is 5.91 Å². The van der Waals surface area contributed by atoms with E-state index in [9.17, 15) is 9.59 Å². The molecule has 4 heteroatoms. The lowest BCUT2D eigenvalue weighted by molar-refractivity contribution is -0.142. The lowest BCUT2D eigenvalue weighted by Crippen LogP contribution is -2.39. The van der Waals surface area contributed by atoms with Gasteiger partial charge in [-0.3, -0.25) is 9.59 Å². The predicted octanol–water partition coefficient (Wildman–Crippen LogP) is 1.33. The standard InChI is InChI=1S/C15H17NO3/c1-16(14(17)12-8-13(12)15(18)19)11-6-9-4-2-3-5-10(9)7-11/h2-5,11-13H,6-8H2,1H3,(H,18,19)/t12-,13+/m1/s1. The van der Waals surface area contributed by atoms with Crippen LogP contribution in [0.3, 0.4) is 0 Å². The van der Waals surface area contributed by atoms with E-state index in [-0.39, 0.29) is 17.9 Å². The van der Waals surface area contributed by atoms with Crippen LogP contribution < -0.4 is 0 Å². The third kappa shape index (κ3) is 2.11. The van der Waals surface area contributed by atoms with Crippen LogP contribution in [0.15, 0.2) is 24.3 Å². The van der Waals surface area contributed by atoms with Crippen molar-refractivity contribution in [3.05, 3.63) is 35.4 Å². The summed E-state index contributed by atoms with van der Waals surface area (Å²) in [5.74, 6) is -1.61. The van der Waals surface area contributed by atoms with Gasteiger partial charge in [0.1, 0.15) is 0 Å². The maximum absolute atomic E-state index is 12.2. The van der Waals surface area contributed by atoms with Crippen LogP contribution in [0.5, 0.6) is 0 Å². The first-order chi connectivity index (χ1) is 9.08. The molecule has 1 fully saturated rings. The molecule has 0 bridgehead atoms. The molecule has 1 N–H and O–H groups in total. The van der Waals surface area contributed by atoms with Crippen LogP contribution >= 0.6 is 0 Å². The Hall–Kier alpha value is -1.84.